The molecule has 2 heterocycles. The minimum absolute atomic E-state index is 0.00857. The fourth-order valence-electron chi connectivity index (χ4n) is 4.70. The van der Waals surface area contributed by atoms with E-state index in [9.17, 15) is 19.1 Å². The van der Waals surface area contributed by atoms with Crippen LogP contribution in [0.4, 0.5) is 4.39 Å². The van der Waals surface area contributed by atoms with Crippen molar-refractivity contribution in [2.45, 2.75) is 12.8 Å². The predicted molar refractivity (Wildman–Crippen MR) is 107 cm³/mol. The largest absolute Gasteiger partial charge is 0.396 e. The first-order valence-corrected chi connectivity index (χ1v) is 10.0. The van der Waals surface area contributed by atoms with E-state index in [0.717, 1.165) is 12.8 Å². The maximum absolute atomic E-state index is 13.1. The van der Waals surface area contributed by atoms with Crippen molar-refractivity contribution in [1.29, 1.82) is 0 Å². The molecule has 0 aliphatic carbocycles. The number of likely N-dealkylation sites (tertiary alicyclic amines) is 2. The van der Waals surface area contributed by atoms with Gasteiger partial charge in [0.05, 0.1) is 0 Å². The van der Waals surface area contributed by atoms with E-state index in [4.69, 9.17) is 0 Å². The fourth-order valence-corrected chi connectivity index (χ4v) is 4.70. The second-order valence-corrected chi connectivity index (χ2v) is 8.09. The first-order valence-electron chi connectivity index (χ1n) is 10.0. The minimum atomic E-state index is -0.362. The molecule has 5 nitrogen and oxygen atoms in total. The van der Waals surface area contributed by atoms with Crippen LogP contribution in [-0.4, -0.2) is 59.5 Å². The molecule has 1 unspecified atom stereocenters. The Balaban J connectivity index is 1.44. The van der Waals surface area contributed by atoms with E-state index in [1.54, 1.807) is 4.90 Å². The number of carbonyl (C=O) groups excluding carboxylic acids is 2. The van der Waals surface area contributed by atoms with Crippen molar-refractivity contribution in [2.75, 3.05) is 32.8 Å². The van der Waals surface area contributed by atoms with E-state index >= 15 is 0 Å². The number of hydrogen-bond acceptors (Lipinski definition) is 3. The van der Waals surface area contributed by atoms with E-state index in [-0.39, 0.29) is 35.6 Å². The molecule has 152 valence electrons. The summed E-state index contributed by atoms with van der Waals surface area (Å²) in [6.45, 7) is 2.31. The number of amides is 2. The third-order valence-corrected chi connectivity index (χ3v) is 6.48. The van der Waals surface area contributed by atoms with Gasteiger partial charge in [-0.2, -0.15) is 0 Å². The average Bonchev–Trinajstić information content (AvgIpc) is 3.12. The van der Waals surface area contributed by atoms with Gasteiger partial charge in [0.2, 0.25) is 0 Å². The summed E-state index contributed by atoms with van der Waals surface area (Å²) in [7, 11) is 0. The molecule has 2 saturated heterocycles. The number of rotatable bonds is 3. The molecule has 2 aliphatic heterocycles. The highest BCUT2D eigenvalue weighted by Crippen LogP contribution is 2.45. The van der Waals surface area contributed by atoms with Gasteiger partial charge in [0.1, 0.15) is 5.82 Å². The molecule has 0 saturated carbocycles. The number of aliphatic hydroxyl groups excluding tert-OH is 1. The Morgan fingerprint density at radius 3 is 2.14 bits per heavy atom. The van der Waals surface area contributed by atoms with Crippen LogP contribution >= 0.6 is 0 Å². The van der Waals surface area contributed by atoms with Crippen molar-refractivity contribution in [3.05, 3.63) is 71.5 Å². The van der Waals surface area contributed by atoms with Gasteiger partial charge in [-0.1, -0.05) is 18.2 Å². The first kappa shape index (κ1) is 19.6. The summed E-state index contributed by atoms with van der Waals surface area (Å²) in [6.07, 6.45) is 1.48. The molecular formula is C23H25FN2O3. The van der Waals surface area contributed by atoms with Crippen LogP contribution in [0.1, 0.15) is 33.6 Å². The summed E-state index contributed by atoms with van der Waals surface area (Å²) in [5.41, 5.74) is 0.970. The Bertz CT molecular complexity index is 877. The molecule has 2 fully saturated rings. The molecule has 6 heteroatoms. The summed E-state index contributed by atoms with van der Waals surface area (Å²) in [4.78, 5) is 29.2. The third kappa shape index (κ3) is 3.77. The monoisotopic (exact) mass is 396 g/mol. The highest BCUT2D eigenvalue weighted by Gasteiger charge is 2.49. The highest BCUT2D eigenvalue weighted by atomic mass is 19.1. The quantitative estimate of drug-likeness (QED) is 0.868. The smallest absolute Gasteiger partial charge is 0.253 e. The van der Waals surface area contributed by atoms with Gasteiger partial charge < -0.3 is 14.9 Å². The topological polar surface area (TPSA) is 60.9 Å². The number of carbonyl (C=O) groups is 2. The van der Waals surface area contributed by atoms with Crippen LogP contribution < -0.4 is 0 Å². The van der Waals surface area contributed by atoms with Gasteiger partial charge in [-0.3, -0.25) is 9.59 Å². The van der Waals surface area contributed by atoms with Crippen LogP contribution in [0.3, 0.4) is 0 Å². The van der Waals surface area contributed by atoms with Crippen molar-refractivity contribution in [2.24, 2.45) is 11.3 Å². The molecule has 2 aliphatic rings. The molecule has 4 rings (SSSR count). The second kappa shape index (κ2) is 7.95. The molecule has 0 bridgehead atoms. The lowest BCUT2D eigenvalue weighted by atomic mass is 9.71. The van der Waals surface area contributed by atoms with Crippen LogP contribution in [0.25, 0.3) is 0 Å². The van der Waals surface area contributed by atoms with Crippen molar-refractivity contribution in [3.63, 3.8) is 0 Å². The summed E-state index contributed by atoms with van der Waals surface area (Å²) < 4.78 is 13.1. The molecule has 29 heavy (non-hydrogen) atoms. The zero-order valence-electron chi connectivity index (χ0n) is 16.3. The average molecular weight is 396 g/mol. The van der Waals surface area contributed by atoms with E-state index in [1.165, 1.54) is 24.3 Å². The van der Waals surface area contributed by atoms with Gasteiger partial charge in [-0.25, -0.2) is 4.39 Å². The minimum Gasteiger partial charge on any atom is -0.396 e. The van der Waals surface area contributed by atoms with Crippen LogP contribution in [0.2, 0.25) is 0 Å². The molecule has 0 aromatic heterocycles. The summed E-state index contributed by atoms with van der Waals surface area (Å²) >= 11 is 0. The Morgan fingerprint density at radius 2 is 1.52 bits per heavy atom. The van der Waals surface area contributed by atoms with Gasteiger partial charge in [0, 0.05) is 49.8 Å². The van der Waals surface area contributed by atoms with Gasteiger partial charge in [-0.15, -0.1) is 0 Å². The summed E-state index contributed by atoms with van der Waals surface area (Å²) in [6, 6.07) is 14.8. The SMILES string of the molecule is O=C(c1ccc(F)cc1)N1CCC2(CC1)CN(C(=O)c1ccccc1)CC2CO. The van der Waals surface area contributed by atoms with Crippen molar-refractivity contribution < 1.29 is 19.1 Å². The summed E-state index contributed by atoms with van der Waals surface area (Å²) in [5, 5.41) is 9.98. The highest BCUT2D eigenvalue weighted by molar-refractivity contribution is 5.95. The molecule has 1 N–H and O–H groups in total. The maximum Gasteiger partial charge on any atom is 0.253 e. The number of benzene rings is 2. The molecular weight excluding hydrogens is 371 g/mol. The molecule has 0 radical (unpaired) electrons. The van der Waals surface area contributed by atoms with Crippen LogP contribution in [0, 0.1) is 17.2 Å². The van der Waals surface area contributed by atoms with Crippen LogP contribution in [0.5, 0.6) is 0 Å². The summed E-state index contributed by atoms with van der Waals surface area (Å²) in [5.74, 6) is -0.460. The predicted octanol–water partition coefficient (Wildman–Crippen LogP) is 2.81. The van der Waals surface area contributed by atoms with Crippen LogP contribution in [0.15, 0.2) is 54.6 Å². The van der Waals surface area contributed by atoms with Gasteiger partial charge >= 0.3 is 0 Å². The lowest BCUT2D eigenvalue weighted by Gasteiger charge is -2.42. The van der Waals surface area contributed by atoms with E-state index < -0.39 is 0 Å². The Kier molecular flexibility index (Phi) is 5.37. The number of nitrogens with zero attached hydrogens (tertiary/aromatic N) is 2. The first-order chi connectivity index (χ1) is 14.0. The fraction of sp³-hybridized carbons (Fsp3) is 0.391. The van der Waals surface area contributed by atoms with E-state index in [0.29, 0.717) is 37.3 Å². The Labute approximate surface area is 169 Å². The number of piperidine rings is 1. The number of aliphatic hydroxyl groups is 1. The number of halogens is 1. The standard InChI is InChI=1S/C23H25FN2O3/c24-20-8-6-18(7-9-20)21(28)25-12-10-23(11-13-25)16-26(14-19(23)15-27)22(29)17-4-2-1-3-5-17/h1-9,19,27H,10-16H2. The third-order valence-electron chi connectivity index (χ3n) is 6.48. The second-order valence-electron chi connectivity index (χ2n) is 8.09. The maximum atomic E-state index is 13.1. The van der Waals surface area contributed by atoms with E-state index in [2.05, 4.69) is 0 Å². The lowest BCUT2D eigenvalue weighted by molar-refractivity contribution is 0.0396. The molecule has 2 aromatic carbocycles. The van der Waals surface area contributed by atoms with Crippen molar-refractivity contribution in [3.8, 4) is 0 Å². The van der Waals surface area contributed by atoms with Crippen molar-refractivity contribution >= 4 is 11.8 Å². The molecule has 1 spiro atoms. The van der Waals surface area contributed by atoms with Crippen LogP contribution in [-0.2, 0) is 0 Å². The van der Waals surface area contributed by atoms with Gasteiger partial charge in [0.15, 0.2) is 0 Å². The molecule has 1 atom stereocenters. The molecule has 2 amide bonds. The van der Waals surface area contributed by atoms with Gasteiger partial charge in [0.25, 0.3) is 11.8 Å². The van der Waals surface area contributed by atoms with E-state index in [1.807, 2.05) is 35.2 Å². The molecule has 2 aromatic rings. The normalized spacial score (nSPS) is 20.8. The number of hydrogen-bond donors (Lipinski definition) is 1. The zero-order valence-corrected chi connectivity index (χ0v) is 16.3. The lowest BCUT2D eigenvalue weighted by Crippen LogP contribution is -2.47. The van der Waals surface area contributed by atoms with Crippen molar-refractivity contribution in [1.82, 2.24) is 9.80 Å². The zero-order chi connectivity index (χ0) is 20.4. The Hall–Kier alpha value is -2.73. The Morgan fingerprint density at radius 1 is 0.931 bits per heavy atom. The van der Waals surface area contributed by atoms with Gasteiger partial charge in [-0.05, 0) is 54.7 Å².